The number of nitrogens with one attached hydrogen (secondary N) is 1. The van der Waals surface area contributed by atoms with E-state index in [0.29, 0.717) is 69.0 Å². The number of piperazine rings is 1. The lowest BCUT2D eigenvalue weighted by Gasteiger charge is -2.36. The van der Waals surface area contributed by atoms with Gasteiger partial charge in [0, 0.05) is 94.0 Å². The number of rotatable bonds is 8. The number of anilines is 1. The summed E-state index contributed by atoms with van der Waals surface area (Å²) < 4.78 is 41.0. The van der Waals surface area contributed by atoms with E-state index in [1.54, 1.807) is 52.8 Å². The lowest BCUT2D eigenvalue weighted by Crippen LogP contribution is -2.47. The van der Waals surface area contributed by atoms with Crippen LogP contribution in [0.1, 0.15) is 26.4 Å². The number of fused-ring (bicyclic) bond motifs is 3. The van der Waals surface area contributed by atoms with Gasteiger partial charge >= 0.3 is 6.18 Å². The largest absolute Gasteiger partial charge is 0.416 e. The zero-order chi connectivity index (χ0) is 30.0. The molecule has 4 aromatic rings. The van der Waals surface area contributed by atoms with E-state index in [2.05, 4.69) is 25.1 Å². The maximum atomic E-state index is 13.5. The van der Waals surface area contributed by atoms with E-state index in [1.165, 1.54) is 12.1 Å². The van der Waals surface area contributed by atoms with Crippen molar-refractivity contribution in [1.82, 2.24) is 29.7 Å². The Bertz CT molecular complexity index is 1650. The molecule has 2 aliphatic heterocycles. The van der Waals surface area contributed by atoms with Crippen LogP contribution in [0.3, 0.4) is 0 Å². The van der Waals surface area contributed by atoms with Gasteiger partial charge in [-0.1, -0.05) is 6.07 Å². The third-order valence-electron chi connectivity index (χ3n) is 8.13. The molecule has 1 amide bonds. The number of hydrogen-bond acceptors (Lipinski definition) is 8. The van der Waals surface area contributed by atoms with Gasteiger partial charge in [-0.2, -0.15) is 13.2 Å². The highest BCUT2D eigenvalue weighted by Gasteiger charge is 2.31. The fourth-order valence-corrected chi connectivity index (χ4v) is 6.93. The van der Waals surface area contributed by atoms with E-state index < -0.39 is 11.7 Å². The molecule has 0 spiro atoms. The van der Waals surface area contributed by atoms with Crippen LogP contribution in [0.4, 0.5) is 18.9 Å². The molecule has 0 bridgehead atoms. The predicted molar refractivity (Wildman–Crippen MR) is 160 cm³/mol. The number of halogens is 3. The highest BCUT2D eigenvalue weighted by atomic mass is 32.1. The van der Waals surface area contributed by atoms with Crippen molar-refractivity contribution in [3.05, 3.63) is 87.0 Å². The normalized spacial score (nSPS) is 16.4. The van der Waals surface area contributed by atoms with E-state index in [9.17, 15) is 22.8 Å². The molecule has 5 heterocycles. The predicted octanol–water partition coefficient (Wildman–Crippen LogP) is 3.48. The van der Waals surface area contributed by atoms with Gasteiger partial charge in [-0.3, -0.25) is 28.9 Å². The Morgan fingerprint density at radius 3 is 2.53 bits per heavy atom. The molecule has 0 radical (unpaired) electrons. The minimum atomic E-state index is -4.36. The van der Waals surface area contributed by atoms with Gasteiger partial charge in [0.25, 0.3) is 11.5 Å². The van der Waals surface area contributed by atoms with Crippen LogP contribution in [0.15, 0.2) is 59.9 Å². The molecule has 2 aliphatic rings. The van der Waals surface area contributed by atoms with E-state index in [4.69, 9.17) is 0 Å². The first kappa shape index (κ1) is 29.3. The summed E-state index contributed by atoms with van der Waals surface area (Å²) in [4.78, 5) is 42.7. The molecule has 0 atom stereocenters. The summed E-state index contributed by atoms with van der Waals surface area (Å²) in [5, 5.41) is 3.67. The van der Waals surface area contributed by atoms with Gasteiger partial charge < -0.3 is 10.2 Å². The molecule has 0 unspecified atom stereocenters. The van der Waals surface area contributed by atoms with Crippen molar-refractivity contribution in [2.24, 2.45) is 0 Å². The van der Waals surface area contributed by atoms with Gasteiger partial charge in [-0.15, -0.1) is 11.3 Å². The molecule has 43 heavy (non-hydrogen) atoms. The zero-order valence-electron chi connectivity index (χ0n) is 23.5. The Hall–Kier alpha value is -3.81. The van der Waals surface area contributed by atoms with Gasteiger partial charge in [-0.05, 0) is 42.3 Å². The van der Waals surface area contributed by atoms with Crippen molar-refractivity contribution >= 4 is 33.1 Å². The number of alkyl halides is 3. The Labute approximate surface area is 250 Å². The summed E-state index contributed by atoms with van der Waals surface area (Å²) in [5.41, 5.74) is 1.58. The third kappa shape index (κ3) is 6.58. The number of thiophene rings is 1. The lowest BCUT2D eigenvalue weighted by atomic mass is 10.1. The van der Waals surface area contributed by atoms with E-state index in [1.807, 2.05) is 4.90 Å². The molecular formula is C30H32F3N7O2S. The summed E-state index contributed by atoms with van der Waals surface area (Å²) in [5.74, 6) is -0.121. The van der Waals surface area contributed by atoms with Gasteiger partial charge in [0.2, 0.25) is 0 Å². The quantitative estimate of drug-likeness (QED) is 0.327. The van der Waals surface area contributed by atoms with Crippen LogP contribution in [0.25, 0.3) is 10.2 Å². The first-order chi connectivity index (χ1) is 20.8. The lowest BCUT2D eigenvalue weighted by molar-refractivity contribution is -0.137. The highest BCUT2D eigenvalue weighted by molar-refractivity contribution is 7.18. The number of amides is 1. The SMILES string of the molecule is O=C(NCCN1CCc2c(sc3ncn(CCN4CCN(c5cccc(C(F)(F)F)c5)CC4)c(=O)c23)C1)c1ccncc1. The maximum absolute atomic E-state index is 13.5. The fraction of sp³-hybridized carbons (Fsp3) is 0.400. The minimum absolute atomic E-state index is 0.0248. The van der Waals surface area contributed by atoms with Crippen LogP contribution in [0.5, 0.6) is 0 Å². The first-order valence-electron chi connectivity index (χ1n) is 14.3. The zero-order valence-corrected chi connectivity index (χ0v) is 24.3. The first-order valence-corrected chi connectivity index (χ1v) is 15.1. The molecule has 1 N–H and O–H groups in total. The minimum Gasteiger partial charge on any atom is -0.369 e. The van der Waals surface area contributed by atoms with Crippen molar-refractivity contribution in [3.63, 3.8) is 0 Å². The molecule has 226 valence electrons. The van der Waals surface area contributed by atoms with Crippen LogP contribution < -0.4 is 15.8 Å². The molecule has 0 saturated carbocycles. The fourth-order valence-electron chi connectivity index (χ4n) is 5.71. The summed E-state index contributed by atoms with van der Waals surface area (Å²) in [7, 11) is 0. The molecule has 0 aliphatic carbocycles. The second-order valence-electron chi connectivity index (χ2n) is 10.8. The molecule has 1 fully saturated rings. The molecule has 1 saturated heterocycles. The Morgan fingerprint density at radius 2 is 1.77 bits per heavy atom. The molecule has 9 nitrogen and oxygen atoms in total. The number of hydrogen-bond donors (Lipinski definition) is 1. The Balaban J connectivity index is 1.03. The average molecular weight is 612 g/mol. The van der Waals surface area contributed by atoms with Crippen molar-refractivity contribution in [2.45, 2.75) is 25.7 Å². The number of carbonyl (C=O) groups is 1. The summed E-state index contributed by atoms with van der Waals surface area (Å²) in [6.45, 7) is 6.56. The average Bonchev–Trinajstić information content (AvgIpc) is 3.39. The Kier molecular flexibility index (Phi) is 8.46. The molecule has 3 aromatic heterocycles. The van der Waals surface area contributed by atoms with Crippen LogP contribution in [0, 0.1) is 0 Å². The second-order valence-corrected chi connectivity index (χ2v) is 11.9. The van der Waals surface area contributed by atoms with Crippen molar-refractivity contribution in [1.29, 1.82) is 0 Å². The number of nitrogens with zero attached hydrogens (tertiary/aromatic N) is 6. The topological polar surface area (TPSA) is 86.6 Å². The van der Waals surface area contributed by atoms with Gasteiger partial charge in [-0.25, -0.2) is 4.98 Å². The second kappa shape index (κ2) is 12.4. The van der Waals surface area contributed by atoms with Gasteiger partial charge in [0.05, 0.1) is 17.3 Å². The van der Waals surface area contributed by atoms with E-state index >= 15 is 0 Å². The van der Waals surface area contributed by atoms with Crippen molar-refractivity contribution in [2.75, 3.05) is 57.3 Å². The monoisotopic (exact) mass is 611 g/mol. The van der Waals surface area contributed by atoms with Gasteiger partial charge in [0.15, 0.2) is 0 Å². The number of benzene rings is 1. The highest BCUT2D eigenvalue weighted by Crippen LogP contribution is 2.33. The number of carbonyl (C=O) groups excluding carboxylic acids is 1. The van der Waals surface area contributed by atoms with Crippen molar-refractivity contribution < 1.29 is 18.0 Å². The number of aromatic nitrogens is 3. The molecule has 6 rings (SSSR count). The van der Waals surface area contributed by atoms with Gasteiger partial charge in [0.1, 0.15) is 4.83 Å². The maximum Gasteiger partial charge on any atom is 0.416 e. The van der Waals surface area contributed by atoms with E-state index in [-0.39, 0.29) is 11.5 Å². The van der Waals surface area contributed by atoms with Crippen molar-refractivity contribution in [3.8, 4) is 0 Å². The third-order valence-corrected chi connectivity index (χ3v) is 9.26. The smallest absolute Gasteiger partial charge is 0.369 e. The van der Waals surface area contributed by atoms with Crippen LogP contribution in [0.2, 0.25) is 0 Å². The van der Waals surface area contributed by atoms with Crippen LogP contribution in [-0.4, -0.2) is 82.6 Å². The van der Waals surface area contributed by atoms with E-state index in [0.717, 1.165) is 40.8 Å². The Morgan fingerprint density at radius 1 is 0.977 bits per heavy atom. The summed E-state index contributed by atoms with van der Waals surface area (Å²) in [6.07, 6.45) is 1.21. The van der Waals surface area contributed by atoms with Crippen LogP contribution in [-0.2, 0) is 25.7 Å². The van der Waals surface area contributed by atoms with Crippen LogP contribution >= 0.6 is 11.3 Å². The molecule has 13 heteroatoms. The summed E-state index contributed by atoms with van der Waals surface area (Å²) in [6, 6.07) is 8.84. The summed E-state index contributed by atoms with van der Waals surface area (Å²) >= 11 is 1.56. The molecule has 1 aromatic carbocycles. The molecular weight excluding hydrogens is 579 g/mol. The standard InChI is InChI=1S/C30H32F3N7O2S/c31-30(32,33)22-2-1-3-23(18-22)39-15-12-37(13-16-39)14-17-40-20-36-28-26(29(40)42)24-6-10-38(19-25(24)43-28)11-9-35-27(41)21-4-7-34-8-5-21/h1-5,7-8,18,20H,6,9-17,19H2,(H,35,41). The number of pyridine rings is 1.